The number of aryl methyl sites for hydroxylation is 1. The molecule has 0 spiro atoms. The molecule has 41 heavy (non-hydrogen) atoms. The van der Waals surface area contributed by atoms with Crippen LogP contribution in [0.3, 0.4) is 0 Å². The van der Waals surface area contributed by atoms with Gasteiger partial charge in [-0.05, 0) is 79.4 Å². The van der Waals surface area contributed by atoms with E-state index in [1.165, 1.54) is 29.2 Å². The van der Waals surface area contributed by atoms with Gasteiger partial charge in [-0.1, -0.05) is 56.1 Å². The number of rotatable bonds is 14. The number of anilines is 1. The van der Waals surface area contributed by atoms with Crippen LogP contribution in [0.1, 0.15) is 44.2 Å². The third-order valence-electron chi connectivity index (χ3n) is 6.67. The summed E-state index contributed by atoms with van der Waals surface area (Å²) in [6, 6.07) is 19.2. The number of methoxy groups -OCH3 is 1. The number of hydrogen-bond acceptors (Lipinski definition) is 5. The normalized spacial score (nSPS) is 11.9. The molecule has 10 heteroatoms. The number of unbranched alkanes of at least 4 members (excludes halogenated alkanes) is 1. The highest BCUT2D eigenvalue weighted by atomic mass is 35.5. The van der Waals surface area contributed by atoms with Gasteiger partial charge in [0.2, 0.25) is 11.8 Å². The molecule has 220 valence electrons. The Morgan fingerprint density at radius 3 is 2.34 bits per heavy atom. The predicted octanol–water partition coefficient (Wildman–Crippen LogP) is 5.58. The topological polar surface area (TPSA) is 96.0 Å². The summed E-state index contributed by atoms with van der Waals surface area (Å²) in [5.41, 5.74) is 1.93. The predicted molar refractivity (Wildman–Crippen MR) is 163 cm³/mol. The van der Waals surface area contributed by atoms with Gasteiger partial charge >= 0.3 is 0 Å². The summed E-state index contributed by atoms with van der Waals surface area (Å²) in [6.45, 7) is 5.80. The first kappa shape index (κ1) is 32.0. The summed E-state index contributed by atoms with van der Waals surface area (Å²) in [4.78, 5) is 28.9. The van der Waals surface area contributed by atoms with Crippen LogP contribution in [-0.2, 0) is 26.2 Å². The van der Waals surface area contributed by atoms with Crippen LogP contribution >= 0.6 is 11.6 Å². The fraction of sp³-hybridized carbons (Fsp3) is 0.355. The zero-order valence-electron chi connectivity index (χ0n) is 24.0. The molecule has 2 amide bonds. The maximum absolute atomic E-state index is 14.1. The Bertz CT molecular complexity index is 1430. The van der Waals surface area contributed by atoms with Crippen LogP contribution in [0.4, 0.5) is 5.69 Å². The molecule has 8 nitrogen and oxygen atoms in total. The van der Waals surface area contributed by atoms with E-state index in [1.807, 2.05) is 39.0 Å². The van der Waals surface area contributed by atoms with Crippen molar-refractivity contribution in [3.8, 4) is 5.75 Å². The first-order valence-electron chi connectivity index (χ1n) is 13.7. The highest BCUT2D eigenvalue weighted by Crippen LogP contribution is 2.27. The van der Waals surface area contributed by atoms with Crippen molar-refractivity contribution in [3.63, 3.8) is 0 Å². The van der Waals surface area contributed by atoms with Crippen LogP contribution < -0.4 is 14.4 Å². The standard InChI is InChI=1S/C31H38ClN3O5S/c1-5-7-18-33-31(37)29(6-2)34(21-24-11-9-13-27(20-24)40-4)30(36)22-35(26-12-8-10-23(3)19-26)41(38,39)28-16-14-25(32)15-17-28/h8-17,19-20,29H,5-7,18,21-22H2,1-4H3,(H,33,37). The van der Waals surface area contributed by atoms with Crippen molar-refractivity contribution in [2.75, 3.05) is 24.5 Å². The fourth-order valence-corrected chi connectivity index (χ4v) is 5.97. The van der Waals surface area contributed by atoms with E-state index in [4.69, 9.17) is 16.3 Å². The summed E-state index contributed by atoms with van der Waals surface area (Å²) in [5, 5.41) is 3.33. The molecular formula is C31H38ClN3O5S. The Kier molecular flexibility index (Phi) is 11.6. The van der Waals surface area contributed by atoms with Crippen molar-refractivity contribution in [2.24, 2.45) is 0 Å². The van der Waals surface area contributed by atoms with Gasteiger partial charge in [-0.2, -0.15) is 0 Å². The highest BCUT2D eigenvalue weighted by Gasteiger charge is 2.33. The quantitative estimate of drug-likeness (QED) is 0.244. The summed E-state index contributed by atoms with van der Waals surface area (Å²) < 4.78 is 34.3. The second-order valence-electron chi connectivity index (χ2n) is 9.75. The smallest absolute Gasteiger partial charge is 0.264 e. The first-order valence-corrected chi connectivity index (χ1v) is 15.5. The van der Waals surface area contributed by atoms with Crippen molar-refractivity contribution >= 4 is 39.1 Å². The van der Waals surface area contributed by atoms with E-state index in [0.717, 1.165) is 28.3 Å². The molecule has 0 fully saturated rings. The van der Waals surface area contributed by atoms with E-state index in [9.17, 15) is 18.0 Å². The lowest BCUT2D eigenvalue weighted by molar-refractivity contribution is -0.140. The first-order chi connectivity index (χ1) is 19.6. The molecule has 0 bridgehead atoms. The van der Waals surface area contributed by atoms with Gasteiger partial charge < -0.3 is 15.0 Å². The average Bonchev–Trinajstić information content (AvgIpc) is 2.96. The number of carbonyl (C=O) groups is 2. The van der Waals surface area contributed by atoms with Crippen LogP contribution in [0, 0.1) is 6.92 Å². The maximum Gasteiger partial charge on any atom is 0.264 e. The van der Waals surface area contributed by atoms with Gasteiger partial charge in [-0.25, -0.2) is 8.42 Å². The Morgan fingerprint density at radius 1 is 1.00 bits per heavy atom. The molecule has 1 N–H and O–H groups in total. The number of benzene rings is 3. The Hall–Kier alpha value is -3.56. The Balaban J connectivity index is 2.04. The molecule has 1 atom stereocenters. The molecule has 0 heterocycles. The molecule has 0 radical (unpaired) electrons. The van der Waals surface area contributed by atoms with Gasteiger partial charge in [0, 0.05) is 18.1 Å². The highest BCUT2D eigenvalue weighted by molar-refractivity contribution is 7.92. The van der Waals surface area contributed by atoms with Crippen LogP contribution in [0.15, 0.2) is 77.7 Å². The number of ether oxygens (including phenoxy) is 1. The summed E-state index contributed by atoms with van der Waals surface area (Å²) in [7, 11) is -2.61. The van der Waals surface area contributed by atoms with Gasteiger partial charge in [0.15, 0.2) is 0 Å². The van der Waals surface area contributed by atoms with Crippen molar-refractivity contribution in [3.05, 3.63) is 88.9 Å². The number of sulfonamides is 1. The van der Waals surface area contributed by atoms with Gasteiger partial charge in [-0.3, -0.25) is 13.9 Å². The van der Waals surface area contributed by atoms with E-state index in [0.29, 0.717) is 29.4 Å². The average molecular weight is 600 g/mol. The van der Waals surface area contributed by atoms with E-state index >= 15 is 0 Å². The Morgan fingerprint density at radius 2 is 1.71 bits per heavy atom. The largest absolute Gasteiger partial charge is 0.497 e. The second-order valence-corrected chi connectivity index (χ2v) is 12.0. The van der Waals surface area contributed by atoms with Gasteiger partial charge in [0.05, 0.1) is 17.7 Å². The zero-order valence-corrected chi connectivity index (χ0v) is 25.5. The summed E-state index contributed by atoms with van der Waals surface area (Å²) in [5.74, 6) is -0.175. The lowest BCUT2D eigenvalue weighted by Crippen LogP contribution is -2.52. The van der Waals surface area contributed by atoms with Gasteiger partial charge in [0.25, 0.3) is 10.0 Å². The molecule has 3 aromatic carbocycles. The second kappa shape index (κ2) is 14.9. The molecule has 1 unspecified atom stereocenters. The summed E-state index contributed by atoms with van der Waals surface area (Å²) in [6.07, 6.45) is 2.08. The molecule has 0 aliphatic carbocycles. The van der Waals surface area contributed by atoms with Crippen molar-refractivity contribution in [1.82, 2.24) is 10.2 Å². The molecular weight excluding hydrogens is 562 g/mol. The van der Waals surface area contributed by atoms with Crippen LogP contribution in [0.2, 0.25) is 5.02 Å². The zero-order chi connectivity index (χ0) is 30.0. The van der Waals surface area contributed by atoms with Crippen molar-refractivity contribution in [2.45, 2.75) is 57.5 Å². The fourth-order valence-electron chi connectivity index (χ4n) is 4.44. The van der Waals surface area contributed by atoms with E-state index in [-0.39, 0.29) is 17.3 Å². The van der Waals surface area contributed by atoms with Gasteiger partial charge in [0.1, 0.15) is 18.3 Å². The number of halogens is 1. The maximum atomic E-state index is 14.1. The minimum Gasteiger partial charge on any atom is -0.497 e. The number of carbonyl (C=O) groups excluding carboxylic acids is 2. The molecule has 0 saturated carbocycles. The lowest BCUT2D eigenvalue weighted by atomic mass is 10.1. The van der Waals surface area contributed by atoms with E-state index in [2.05, 4.69) is 5.32 Å². The molecule has 0 aliphatic heterocycles. The number of amides is 2. The van der Waals surface area contributed by atoms with Crippen molar-refractivity contribution < 1.29 is 22.7 Å². The van der Waals surface area contributed by atoms with Crippen LogP contribution in [0.5, 0.6) is 5.75 Å². The Labute approximate surface area is 248 Å². The number of nitrogens with one attached hydrogen (secondary N) is 1. The molecule has 3 aromatic rings. The van der Waals surface area contributed by atoms with E-state index in [1.54, 1.807) is 37.4 Å². The van der Waals surface area contributed by atoms with E-state index < -0.39 is 28.5 Å². The van der Waals surface area contributed by atoms with Crippen molar-refractivity contribution in [1.29, 1.82) is 0 Å². The SMILES string of the molecule is CCCCNC(=O)C(CC)N(Cc1cccc(OC)c1)C(=O)CN(c1cccc(C)c1)S(=O)(=O)c1ccc(Cl)cc1. The molecule has 0 saturated heterocycles. The minimum atomic E-state index is -4.16. The molecule has 3 rings (SSSR count). The molecule has 0 aromatic heterocycles. The monoisotopic (exact) mass is 599 g/mol. The van der Waals surface area contributed by atoms with Gasteiger partial charge in [-0.15, -0.1) is 0 Å². The van der Waals surface area contributed by atoms with Crippen LogP contribution in [0.25, 0.3) is 0 Å². The van der Waals surface area contributed by atoms with Crippen LogP contribution in [-0.4, -0.2) is 51.4 Å². The third-order valence-corrected chi connectivity index (χ3v) is 8.71. The number of nitrogens with zero attached hydrogens (tertiary/aromatic N) is 2. The minimum absolute atomic E-state index is 0.0000907. The third kappa shape index (κ3) is 8.47. The number of hydrogen-bond donors (Lipinski definition) is 1. The lowest BCUT2D eigenvalue weighted by Gasteiger charge is -2.33. The summed E-state index contributed by atoms with van der Waals surface area (Å²) >= 11 is 6.01. The molecule has 0 aliphatic rings.